The van der Waals surface area contributed by atoms with Gasteiger partial charge in [0.05, 0.1) is 19.0 Å². The number of rotatable bonds is 4. The molecule has 15 heavy (non-hydrogen) atoms. The molecule has 0 aromatic carbocycles. The minimum Gasteiger partial charge on any atom is -0.453 e. The maximum atomic E-state index is 10.9. The number of carbonyl (C=O) groups is 1. The van der Waals surface area contributed by atoms with Crippen molar-refractivity contribution in [2.24, 2.45) is 0 Å². The Balaban J connectivity index is 2.52. The molecule has 0 bridgehead atoms. The Morgan fingerprint density at radius 1 is 1.53 bits per heavy atom. The number of aromatic nitrogens is 1. The van der Waals surface area contributed by atoms with Crippen molar-refractivity contribution in [1.29, 1.82) is 0 Å². The average molecular weight is 209 g/mol. The first-order valence-corrected chi connectivity index (χ1v) is 4.81. The fourth-order valence-electron chi connectivity index (χ4n) is 0.994. The third kappa shape index (κ3) is 3.84. The molecule has 1 aromatic heterocycles. The van der Waals surface area contributed by atoms with Gasteiger partial charge in [0, 0.05) is 6.54 Å². The van der Waals surface area contributed by atoms with Gasteiger partial charge in [-0.25, -0.2) is 9.78 Å². The largest absolute Gasteiger partial charge is 0.453 e. The highest BCUT2D eigenvalue weighted by Crippen LogP contribution is 2.09. The van der Waals surface area contributed by atoms with Crippen LogP contribution >= 0.6 is 0 Å². The van der Waals surface area contributed by atoms with Crippen LogP contribution in [0.3, 0.4) is 0 Å². The number of amides is 1. The molecule has 5 heteroatoms. The van der Waals surface area contributed by atoms with Gasteiger partial charge < -0.3 is 10.1 Å². The maximum Gasteiger partial charge on any atom is 0.411 e. The Morgan fingerprint density at radius 2 is 2.33 bits per heavy atom. The predicted octanol–water partition coefficient (Wildman–Crippen LogP) is 2.08. The van der Waals surface area contributed by atoms with Crippen molar-refractivity contribution >= 4 is 17.6 Å². The Labute approximate surface area is 88.9 Å². The van der Waals surface area contributed by atoms with Crippen LogP contribution in [0.15, 0.2) is 18.3 Å². The van der Waals surface area contributed by atoms with E-state index in [-0.39, 0.29) is 0 Å². The standard InChI is InChI=1S/C10H15N3O2/c1-3-6-11-9-5-4-8(7-12-9)13-10(14)15-2/h4-5,7H,3,6H2,1-2H3,(H,11,12)(H,13,14). The van der Waals surface area contributed by atoms with Gasteiger partial charge in [0.1, 0.15) is 5.82 Å². The van der Waals surface area contributed by atoms with Crippen LogP contribution in [0, 0.1) is 0 Å². The number of methoxy groups -OCH3 is 1. The first-order chi connectivity index (χ1) is 7.26. The number of hydrogen-bond donors (Lipinski definition) is 2. The summed E-state index contributed by atoms with van der Waals surface area (Å²) in [6.45, 7) is 2.97. The smallest absolute Gasteiger partial charge is 0.411 e. The van der Waals surface area contributed by atoms with Crippen molar-refractivity contribution in [2.75, 3.05) is 24.3 Å². The Hall–Kier alpha value is -1.78. The lowest BCUT2D eigenvalue weighted by atomic mass is 10.4. The monoisotopic (exact) mass is 209 g/mol. The van der Waals surface area contributed by atoms with E-state index in [4.69, 9.17) is 0 Å². The summed E-state index contributed by atoms with van der Waals surface area (Å²) in [6.07, 6.45) is 2.13. The molecule has 1 rings (SSSR count). The zero-order valence-corrected chi connectivity index (χ0v) is 8.91. The molecule has 82 valence electrons. The molecular weight excluding hydrogens is 194 g/mol. The molecule has 0 radical (unpaired) electrons. The number of nitrogens with zero attached hydrogens (tertiary/aromatic N) is 1. The summed E-state index contributed by atoms with van der Waals surface area (Å²) in [5.41, 5.74) is 0.615. The molecule has 0 aliphatic heterocycles. The van der Waals surface area contributed by atoms with Gasteiger partial charge in [-0.1, -0.05) is 6.92 Å². The molecule has 0 saturated heterocycles. The molecule has 1 aromatic rings. The average Bonchev–Trinajstić information content (AvgIpc) is 2.28. The molecular formula is C10H15N3O2. The zero-order chi connectivity index (χ0) is 11.1. The van der Waals surface area contributed by atoms with E-state index < -0.39 is 6.09 Å². The molecule has 0 atom stereocenters. The summed E-state index contributed by atoms with van der Waals surface area (Å²) >= 11 is 0. The fraction of sp³-hybridized carbons (Fsp3) is 0.400. The number of ether oxygens (including phenoxy) is 1. The van der Waals surface area contributed by atoms with E-state index in [2.05, 4.69) is 27.3 Å². The van der Waals surface area contributed by atoms with Crippen molar-refractivity contribution in [2.45, 2.75) is 13.3 Å². The molecule has 5 nitrogen and oxygen atoms in total. The summed E-state index contributed by atoms with van der Waals surface area (Å²) in [5.74, 6) is 0.798. The molecule has 0 spiro atoms. The van der Waals surface area contributed by atoms with Crippen LogP contribution in [0.1, 0.15) is 13.3 Å². The Morgan fingerprint density at radius 3 is 2.87 bits per heavy atom. The highest BCUT2D eigenvalue weighted by atomic mass is 16.5. The highest BCUT2D eigenvalue weighted by molar-refractivity contribution is 5.84. The predicted molar refractivity (Wildman–Crippen MR) is 59.0 cm³/mol. The summed E-state index contributed by atoms with van der Waals surface area (Å²) in [7, 11) is 1.32. The summed E-state index contributed by atoms with van der Waals surface area (Å²) in [5, 5.41) is 5.66. The number of anilines is 2. The quantitative estimate of drug-likeness (QED) is 0.796. The topological polar surface area (TPSA) is 63.2 Å². The first-order valence-electron chi connectivity index (χ1n) is 4.81. The number of nitrogens with one attached hydrogen (secondary N) is 2. The van der Waals surface area contributed by atoms with Crippen LogP contribution in [0.2, 0.25) is 0 Å². The Kier molecular flexibility index (Phi) is 4.40. The summed E-state index contributed by atoms with van der Waals surface area (Å²) in [6, 6.07) is 3.57. The van der Waals surface area contributed by atoms with Gasteiger partial charge in [-0.05, 0) is 18.6 Å². The maximum absolute atomic E-state index is 10.9. The van der Waals surface area contributed by atoms with Gasteiger partial charge in [0.2, 0.25) is 0 Å². The molecule has 0 aliphatic carbocycles. The van der Waals surface area contributed by atoms with Crippen molar-refractivity contribution < 1.29 is 9.53 Å². The zero-order valence-electron chi connectivity index (χ0n) is 8.91. The number of pyridine rings is 1. The SMILES string of the molecule is CCCNc1ccc(NC(=O)OC)cn1. The van der Waals surface area contributed by atoms with E-state index in [0.29, 0.717) is 5.69 Å². The number of hydrogen-bond acceptors (Lipinski definition) is 4. The summed E-state index contributed by atoms with van der Waals surface area (Å²) < 4.78 is 4.46. The third-order valence-electron chi connectivity index (χ3n) is 1.75. The van der Waals surface area contributed by atoms with E-state index in [1.807, 2.05) is 0 Å². The molecule has 0 aliphatic rings. The van der Waals surface area contributed by atoms with Crippen molar-refractivity contribution in [3.05, 3.63) is 18.3 Å². The lowest BCUT2D eigenvalue weighted by Crippen LogP contribution is -2.11. The van der Waals surface area contributed by atoms with Crippen LogP contribution in [0.25, 0.3) is 0 Å². The van der Waals surface area contributed by atoms with Gasteiger partial charge in [-0.2, -0.15) is 0 Å². The van der Waals surface area contributed by atoms with E-state index in [9.17, 15) is 4.79 Å². The van der Waals surface area contributed by atoms with Crippen LogP contribution < -0.4 is 10.6 Å². The van der Waals surface area contributed by atoms with Gasteiger partial charge in [-0.15, -0.1) is 0 Å². The van der Waals surface area contributed by atoms with E-state index >= 15 is 0 Å². The lowest BCUT2D eigenvalue weighted by Gasteiger charge is -2.05. The first kappa shape index (κ1) is 11.3. The van der Waals surface area contributed by atoms with Gasteiger partial charge in [-0.3, -0.25) is 5.32 Å². The number of carbonyl (C=O) groups excluding carboxylic acids is 1. The second kappa shape index (κ2) is 5.85. The molecule has 0 unspecified atom stereocenters. The van der Waals surface area contributed by atoms with Crippen LogP contribution in [-0.4, -0.2) is 24.7 Å². The molecule has 1 heterocycles. The second-order valence-corrected chi connectivity index (χ2v) is 2.98. The van der Waals surface area contributed by atoms with Crippen molar-refractivity contribution in [1.82, 2.24) is 4.98 Å². The Bertz CT molecular complexity index is 311. The minimum absolute atomic E-state index is 0.494. The van der Waals surface area contributed by atoms with Crippen molar-refractivity contribution in [3.63, 3.8) is 0 Å². The molecule has 2 N–H and O–H groups in total. The molecule has 1 amide bonds. The molecule has 0 saturated carbocycles. The second-order valence-electron chi connectivity index (χ2n) is 2.98. The fourth-order valence-corrected chi connectivity index (χ4v) is 0.994. The highest BCUT2D eigenvalue weighted by Gasteiger charge is 2.00. The van der Waals surface area contributed by atoms with Crippen LogP contribution in [0.5, 0.6) is 0 Å². The van der Waals surface area contributed by atoms with Gasteiger partial charge >= 0.3 is 6.09 Å². The summed E-state index contributed by atoms with van der Waals surface area (Å²) in [4.78, 5) is 15.0. The molecule has 0 fully saturated rings. The minimum atomic E-state index is -0.494. The van der Waals surface area contributed by atoms with Crippen molar-refractivity contribution in [3.8, 4) is 0 Å². The third-order valence-corrected chi connectivity index (χ3v) is 1.75. The van der Waals surface area contributed by atoms with E-state index in [1.165, 1.54) is 7.11 Å². The van der Waals surface area contributed by atoms with Gasteiger partial charge in [0.25, 0.3) is 0 Å². The lowest BCUT2D eigenvalue weighted by molar-refractivity contribution is 0.187. The van der Waals surface area contributed by atoms with E-state index in [0.717, 1.165) is 18.8 Å². The van der Waals surface area contributed by atoms with Crippen LogP contribution in [-0.2, 0) is 4.74 Å². The van der Waals surface area contributed by atoms with E-state index in [1.54, 1.807) is 18.3 Å². The normalized spacial score (nSPS) is 9.47. The van der Waals surface area contributed by atoms with Gasteiger partial charge in [0.15, 0.2) is 0 Å². The van der Waals surface area contributed by atoms with Crippen LogP contribution in [0.4, 0.5) is 16.3 Å².